The lowest BCUT2D eigenvalue weighted by atomic mass is 10.2. The van der Waals surface area contributed by atoms with Crippen LogP contribution in [0, 0.1) is 6.92 Å². The molecule has 140 valence electrons. The van der Waals surface area contributed by atoms with E-state index in [2.05, 4.69) is 20.6 Å². The Bertz CT molecular complexity index is 925. The van der Waals surface area contributed by atoms with E-state index in [0.717, 1.165) is 0 Å². The SMILES string of the molecule is COc1ccc(Nc2cc(C(=O)NCc3ccco3)nc(C)n2)c(OC)c1. The molecular weight excluding hydrogens is 348 g/mol. The maximum absolute atomic E-state index is 12.4. The van der Waals surface area contributed by atoms with Crippen LogP contribution in [-0.2, 0) is 6.54 Å². The van der Waals surface area contributed by atoms with Gasteiger partial charge in [-0.2, -0.15) is 0 Å². The number of carbonyl (C=O) groups excluding carboxylic acids is 1. The van der Waals surface area contributed by atoms with E-state index in [1.807, 2.05) is 6.07 Å². The number of aromatic nitrogens is 2. The lowest BCUT2D eigenvalue weighted by Crippen LogP contribution is -2.24. The summed E-state index contributed by atoms with van der Waals surface area (Å²) >= 11 is 0. The number of hydrogen-bond acceptors (Lipinski definition) is 7. The summed E-state index contributed by atoms with van der Waals surface area (Å²) in [5.74, 6) is 2.56. The molecule has 1 amide bonds. The quantitative estimate of drug-likeness (QED) is 0.661. The molecule has 2 heterocycles. The Morgan fingerprint density at radius 3 is 2.70 bits per heavy atom. The van der Waals surface area contributed by atoms with E-state index in [1.165, 1.54) is 0 Å². The number of nitrogens with one attached hydrogen (secondary N) is 2. The lowest BCUT2D eigenvalue weighted by Gasteiger charge is -2.13. The fourth-order valence-electron chi connectivity index (χ4n) is 2.46. The summed E-state index contributed by atoms with van der Waals surface area (Å²) in [6, 6.07) is 10.5. The summed E-state index contributed by atoms with van der Waals surface area (Å²) in [4.78, 5) is 20.9. The van der Waals surface area contributed by atoms with E-state index in [-0.39, 0.29) is 18.1 Å². The molecule has 8 nitrogen and oxygen atoms in total. The van der Waals surface area contributed by atoms with Gasteiger partial charge in [0, 0.05) is 12.1 Å². The van der Waals surface area contributed by atoms with Crippen molar-refractivity contribution < 1.29 is 18.7 Å². The zero-order valence-electron chi connectivity index (χ0n) is 15.3. The molecular formula is C19H20N4O4. The van der Waals surface area contributed by atoms with Crippen molar-refractivity contribution in [3.8, 4) is 11.5 Å². The maximum atomic E-state index is 12.4. The van der Waals surface area contributed by atoms with Gasteiger partial charge < -0.3 is 24.5 Å². The molecule has 0 bridgehead atoms. The molecule has 0 saturated heterocycles. The fraction of sp³-hybridized carbons (Fsp3) is 0.211. The van der Waals surface area contributed by atoms with E-state index >= 15 is 0 Å². The predicted octanol–water partition coefficient (Wildman–Crippen LogP) is 3.07. The topological polar surface area (TPSA) is 98.5 Å². The highest BCUT2D eigenvalue weighted by Gasteiger charge is 2.13. The van der Waals surface area contributed by atoms with Crippen molar-refractivity contribution in [1.29, 1.82) is 0 Å². The molecule has 8 heteroatoms. The first-order valence-corrected chi connectivity index (χ1v) is 8.24. The number of anilines is 2. The molecule has 0 aliphatic rings. The van der Waals surface area contributed by atoms with Crippen molar-refractivity contribution in [1.82, 2.24) is 15.3 Å². The van der Waals surface area contributed by atoms with E-state index in [0.29, 0.717) is 34.6 Å². The Morgan fingerprint density at radius 1 is 1.15 bits per heavy atom. The zero-order valence-corrected chi connectivity index (χ0v) is 15.3. The van der Waals surface area contributed by atoms with E-state index in [9.17, 15) is 4.79 Å². The third-order valence-corrected chi connectivity index (χ3v) is 3.75. The summed E-state index contributed by atoms with van der Waals surface area (Å²) in [6.45, 7) is 2.00. The first-order chi connectivity index (χ1) is 13.1. The molecule has 0 aliphatic carbocycles. The van der Waals surface area contributed by atoms with Crippen LogP contribution in [0.25, 0.3) is 0 Å². The predicted molar refractivity (Wildman–Crippen MR) is 99.5 cm³/mol. The molecule has 3 rings (SSSR count). The van der Waals surface area contributed by atoms with Crippen LogP contribution in [0.4, 0.5) is 11.5 Å². The van der Waals surface area contributed by atoms with Gasteiger partial charge in [0.15, 0.2) is 0 Å². The van der Waals surface area contributed by atoms with Crippen molar-refractivity contribution in [3.63, 3.8) is 0 Å². The van der Waals surface area contributed by atoms with Crippen LogP contribution in [-0.4, -0.2) is 30.1 Å². The average molecular weight is 368 g/mol. The van der Waals surface area contributed by atoms with Gasteiger partial charge in [0.2, 0.25) is 0 Å². The van der Waals surface area contributed by atoms with Gasteiger partial charge in [0.1, 0.15) is 34.6 Å². The van der Waals surface area contributed by atoms with Crippen LogP contribution >= 0.6 is 0 Å². The summed E-state index contributed by atoms with van der Waals surface area (Å²) in [5, 5.41) is 5.92. The minimum absolute atomic E-state index is 0.254. The molecule has 1 aromatic carbocycles. The molecule has 27 heavy (non-hydrogen) atoms. The summed E-state index contributed by atoms with van der Waals surface area (Å²) < 4.78 is 15.8. The first kappa shape index (κ1) is 18.2. The molecule has 0 atom stereocenters. The minimum Gasteiger partial charge on any atom is -0.497 e. The first-order valence-electron chi connectivity index (χ1n) is 8.24. The average Bonchev–Trinajstić information content (AvgIpc) is 3.19. The highest BCUT2D eigenvalue weighted by Crippen LogP contribution is 2.31. The molecule has 0 saturated carbocycles. The van der Waals surface area contributed by atoms with Crippen LogP contribution in [0.3, 0.4) is 0 Å². The van der Waals surface area contributed by atoms with Gasteiger partial charge in [-0.1, -0.05) is 0 Å². The number of ether oxygens (including phenoxy) is 2. The van der Waals surface area contributed by atoms with Gasteiger partial charge in [0.25, 0.3) is 5.91 Å². The van der Waals surface area contributed by atoms with Crippen molar-refractivity contribution >= 4 is 17.4 Å². The van der Waals surface area contributed by atoms with E-state index in [4.69, 9.17) is 13.9 Å². The highest BCUT2D eigenvalue weighted by atomic mass is 16.5. The number of benzene rings is 1. The van der Waals surface area contributed by atoms with E-state index < -0.39 is 0 Å². The van der Waals surface area contributed by atoms with Crippen LogP contribution in [0.5, 0.6) is 11.5 Å². The Hall–Kier alpha value is -3.55. The molecule has 0 fully saturated rings. The number of furan rings is 1. The third kappa shape index (κ3) is 4.55. The standard InChI is InChI=1S/C19H20N4O4/c1-12-21-16(19(24)20-11-14-5-4-8-27-14)10-18(22-12)23-15-7-6-13(25-2)9-17(15)26-3/h4-10H,11H2,1-3H3,(H,20,24)(H,21,22,23). The van der Waals surface area contributed by atoms with Gasteiger partial charge in [-0.15, -0.1) is 0 Å². The number of methoxy groups -OCH3 is 2. The smallest absolute Gasteiger partial charge is 0.270 e. The minimum atomic E-state index is -0.318. The number of hydrogen-bond donors (Lipinski definition) is 2. The van der Waals surface area contributed by atoms with Crippen LogP contribution in [0.1, 0.15) is 22.1 Å². The van der Waals surface area contributed by atoms with Crippen molar-refractivity contribution in [2.75, 3.05) is 19.5 Å². The Balaban J connectivity index is 1.78. The molecule has 2 aromatic heterocycles. The van der Waals surface area contributed by atoms with Crippen LogP contribution in [0.15, 0.2) is 47.1 Å². The molecule has 0 spiro atoms. The van der Waals surface area contributed by atoms with Gasteiger partial charge >= 0.3 is 0 Å². The monoisotopic (exact) mass is 368 g/mol. The zero-order chi connectivity index (χ0) is 19.2. The number of carbonyl (C=O) groups is 1. The molecule has 3 aromatic rings. The Kier molecular flexibility index (Phi) is 5.55. The summed E-state index contributed by atoms with van der Waals surface area (Å²) in [5.41, 5.74) is 0.947. The van der Waals surface area contributed by atoms with Crippen molar-refractivity contribution in [2.24, 2.45) is 0 Å². The molecule has 2 N–H and O–H groups in total. The van der Waals surface area contributed by atoms with Crippen LogP contribution < -0.4 is 20.1 Å². The van der Waals surface area contributed by atoms with Crippen molar-refractivity contribution in [2.45, 2.75) is 13.5 Å². The summed E-state index contributed by atoms with van der Waals surface area (Å²) in [6.07, 6.45) is 1.56. The second-order valence-corrected chi connectivity index (χ2v) is 5.64. The van der Waals surface area contributed by atoms with Gasteiger partial charge in [-0.05, 0) is 31.2 Å². The maximum Gasteiger partial charge on any atom is 0.270 e. The number of amides is 1. The Morgan fingerprint density at radius 2 is 2.00 bits per heavy atom. The number of aryl methyl sites for hydroxylation is 1. The lowest BCUT2D eigenvalue weighted by molar-refractivity contribution is 0.0942. The van der Waals surface area contributed by atoms with Crippen molar-refractivity contribution in [3.05, 3.63) is 59.9 Å². The molecule has 0 aliphatic heterocycles. The second kappa shape index (κ2) is 8.22. The van der Waals surface area contributed by atoms with Gasteiger partial charge in [-0.25, -0.2) is 9.97 Å². The number of rotatable bonds is 7. The highest BCUT2D eigenvalue weighted by molar-refractivity contribution is 5.93. The fourth-order valence-corrected chi connectivity index (χ4v) is 2.46. The Labute approximate surface area is 156 Å². The third-order valence-electron chi connectivity index (χ3n) is 3.75. The van der Waals surface area contributed by atoms with Gasteiger partial charge in [-0.3, -0.25) is 4.79 Å². The molecule has 0 radical (unpaired) electrons. The van der Waals surface area contributed by atoms with Crippen LogP contribution in [0.2, 0.25) is 0 Å². The molecule has 0 unspecified atom stereocenters. The van der Waals surface area contributed by atoms with Gasteiger partial charge in [0.05, 0.1) is 32.7 Å². The summed E-state index contributed by atoms with van der Waals surface area (Å²) in [7, 11) is 3.15. The second-order valence-electron chi connectivity index (χ2n) is 5.64. The number of nitrogens with zero attached hydrogens (tertiary/aromatic N) is 2. The normalized spacial score (nSPS) is 10.3. The largest absolute Gasteiger partial charge is 0.497 e. The van der Waals surface area contributed by atoms with E-state index in [1.54, 1.807) is 57.7 Å².